The van der Waals surface area contributed by atoms with Crippen molar-refractivity contribution in [3.63, 3.8) is 0 Å². The summed E-state index contributed by atoms with van der Waals surface area (Å²) in [5.41, 5.74) is -1.73. The normalized spacial score (nSPS) is 19.2. The molecule has 1 saturated heterocycles. The lowest BCUT2D eigenvalue weighted by Gasteiger charge is -2.32. The summed E-state index contributed by atoms with van der Waals surface area (Å²) in [6, 6.07) is 2.09. The predicted molar refractivity (Wildman–Crippen MR) is 93.7 cm³/mol. The molecule has 0 aromatic heterocycles. The summed E-state index contributed by atoms with van der Waals surface area (Å²) in [6.07, 6.45) is -0.232. The van der Waals surface area contributed by atoms with Crippen LogP contribution in [0.3, 0.4) is 0 Å². The summed E-state index contributed by atoms with van der Waals surface area (Å²) in [5.74, 6) is -1.68. The van der Waals surface area contributed by atoms with E-state index in [1.165, 1.54) is 0 Å². The van der Waals surface area contributed by atoms with Crippen molar-refractivity contribution in [1.29, 1.82) is 0 Å². The first kappa shape index (κ1) is 19.9. The van der Waals surface area contributed by atoms with Gasteiger partial charge in [-0.05, 0) is 66.2 Å². The summed E-state index contributed by atoms with van der Waals surface area (Å²) in [6.45, 7) is 12.8. The lowest BCUT2D eigenvalue weighted by atomic mass is 9.78. The van der Waals surface area contributed by atoms with Crippen molar-refractivity contribution in [3.8, 4) is 0 Å². The van der Waals surface area contributed by atoms with Gasteiger partial charge >= 0.3 is 7.12 Å². The molecule has 0 radical (unpaired) electrons. The van der Waals surface area contributed by atoms with E-state index in [9.17, 15) is 13.6 Å². The summed E-state index contributed by atoms with van der Waals surface area (Å²) >= 11 is 0. The van der Waals surface area contributed by atoms with Crippen LogP contribution < -0.4 is 10.8 Å². The number of hydrogen-bond donors (Lipinski definition) is 1. The topological polar surface area (TPSA) is 47.6 Å². The molecule has 1 fully saturated rings. The monoisotopic (exact) mass is 353 g/mol. The number of halogens is 2. The van der Waals surface area contributed by atoms with E-state index in [0.717, 1.165) is 12.1 Å². The third-order valence-electron chi connectivity index (χ3n) is 4.54. The van der Waals surface area contributed by atoms with Gasteiger partial charge in [0.05, 0.1) is 17.6 Å². The molecule has 7 heteroatoms. The second-order valence-electron chi connectivity index (χ2n) is 8.53. The third-order valence-corrected chi connectivity index (χ3v) is 4.54. The Hall–Kier alpha value is -1.47. The molecule has 2 rings (SSSR count). The van der Waals surface area contributed by atoms with E-state index >= 15 is 0 Å². The molecule has 1 aromatic carbocycles. The summed E-state index contributed by atoms with van der Waals surface area (Å²) in [7, 11) is -0.989. The Morgan fingerprint density at radius 2 is 1.60 bits per heavy atom. The molecular formula is C18H26BF2NO3. The highest BCUT2D eigenvalue weighted by atomic mass is 19.1. The molecule has 1 heterocycles. The minimum absolute atomic E-state index is 0.000447. The molecule has 0 unspecified atom stereocenters. The van der Waals surface area contributed by atoms with Crippen molar-refractivity contribution < 1.29 is 22.9 Å². The molecule has 0 atom stereocenters. The van der Waals surface area contributed by atoms with Crippen LogP contribution in [0.15, 0.2) is 12.1 Å². The third kappa shape index (κ3) is 4.39. The molecule has 1 N–H and O–H groups in total. The van der Waals surface area contributed by atoms with Gasteiger partial charge in [-0.15, -0.1) is 0 Å². The van der Waals surface area contributed by atoms with Gasteiger partial charge in [-0.25, -0.2) is 8.78 Å². The zero-order valence-electron chi connectivity index (χ0n) is 15.9. The molecular weight excluding hydrogens is 327 g/mol. The van der Waals surface area contributed by atoms with E-state index in [4.69, 9.17) is 9.31 Å². The van der Waals surface area contributed by atoms with Crippen LogP contribution in [0.2, 0.25) is 0 Å². The maximum Gasteiger partial charge on any atom is 0.497 e. The minimum Gasteiger partial charge on any atom is -0.399 e. The largest absolute Gasteiger partial charge is 0.497 e. The van der Waals surface area contributed by atoms with Crippen LogP contribution in [-0.2, 0) is 20.5 Å². The molecule has 1 aromatic rings. The summed E-state index contributed by atoms with van der Waals surface area (Å²) in [4.78, 5) is 12.0. The van der Waals surface area contributed by atoms with Crippen LogP contribution in [0.1, 0.15) is 54.0 Å². The van der Waals surface area contributed by atoms with E-state index < -0.39 is 35.5 Å². The van der Waals surface area contributed by atoms with Gasteiger partial charge in [0.25, 0.3) is 0 Å². The lowest BCUT2D eigenvalue weighted by Crippen LogP contribution is -2.41. The van der Waals surface area contributed by atoms with Crippen molar-refractivity contribution in [1.82, 2.24) is 5.32 Å². The molecule has 0 saturated carbocycles. The van der Waals surface area contributed by atoms with E-state index in [1.54, 1.807) is 0 Å². The highest BCUT2D eigenvalue weighted by Gasteiger charge is 2.52. The van der Waals surface area contributed by atoms with Crippen LogP contribution in [0.4, 0.5) is 8.78 Å². The Balaban J connectivity index is 2.23. The van der Waals surface area contributed by atoms with E-state index in [-0.39, 0.29) is 23.4 Å². The SMILES string of the molecule is CC(C)(C)NC(=O)Cc1cc(F)c(B2OC(C)(C)C(C)(C)O2)cc1F. The van der Waals surface area contributed by atoms with Crippen LogP contribution >= 0.6 is 0 Å². The zero-order chi connectivity index (χ0) is 19.2. The zero-order valence-corrected chi connectivity index (χ0v) is 15.9. The number of carbonyl (C=O) groups excluding carboxylic acids is 1. The van der Waals surface area contributed by atoms with Crippen molar-refractivity contribution >= 4 is 18.5 Å². The maximum absolute atomic E-state index is 14.5. The van der Waals surface area contributed by atoms with Gasteiger partial charge in [0.2, 0.25) is 5.91 Å². The summed E-state index contributed by atoms with van der Waals surface area (Å²) < 4.78 is 40.4. The fourth-order valence-corrected chi connectivity index (χ4v) is 2.52. The number of benzene rings is 1. The molecule has 4 nitrogen and oxygen atoms in total. The fraction of sp³-hybridized carbons (Fsp3) is 0.611. The van der Waals surface area contributed by atoms with Crippen LogP contribution in [0, 0.1) is 11.6 Å². The van der Waals surface area contributed by atoms with Crippen molar-refractivity contribution in [2.75, 3.05) is 0 Å². The average Bonchev–Trinajstić information content (AvgIpc) is 2.60. The number of rotatable bonds is 3. The molecule has 0 bridgehead atoms. The van der Waals surface area contributed by atoms with E-state index in [1.807, 2.05) is 48.5 Å². The van der Waals surface area contributed by atoms with E-state index in [2.05, 4.69) is 5.32 Å². The van der Waals surface area contributed by atoms with Crippen molar-refractivity contribution in [3.05, 3.63) is 29.3 Å². The molecule has 0 aliphatic carbocycles. The second-order valence-corrected chi connectivity index (χ2v) is 8.53. The van der Waals surface area contributed by atoms with Gasteiger partial charge in [0.15, 0.2) is 0 Å². The van der Waals surface area contributed by atoms with Gasteiger partial charge < -0.3 is 14.6 Å². The van der Waals surface area contributed by atoms with Crippen LogP contribution in [-0.4, -0.2) is 29.8 Å². The van der Waals surface area contributed by atoms with Gasteiger partial charge in [0, 0.05) is 11.0 Å². The number of hydrogen-bond acceptors (Lipinski definition) is 3. The molecule has 1 amide bonds. The fourth-order valence-electron chi connectivity index (χ4n) is 2.52. The molecule has 138 valence electrons. The van der Waals surface area contributed by atoms with Crippen molar-refractivity contribution in [2.24, 2.45) is 0 Å². The van der Waals surface area contributed by atoms with Gasteiger partial charge in [-0.1, -0.05) is 0 Å². The first-order valence-corrected chi connectivity index (χ1v) is 8.36. The van der Waals surface area contributed by atoms with Crippen LogP contribution in [0.25, 0.3) is 0 Å². The predicted octanol–water partition coefficient (Wildman–Crippen LogP) is 2.72. The highest BCUT2D eigenvalue weighted by Crippen LogP contribution is 2.36. The lowest BCUT2D eigenvalue weighted by molar-refractivity contribution is -0.121. The summed E-state index contributed by atoms with van der Waals surface area (Å²) in [5, 5.41) is 2.73. The van der Waals surface area contributed by atoms with Crippen LogP contribution in [0.5, 0.6) is 0 Å². The Kier molecular flexibility index (Phi) is 5.05. The Morgan fingerprint density at radius 1 is 1.08 bits per heavy atom. The Labute approximate surface area is 148 Å². The molecule has 25 heavy (non-hydrogen) atoms. The quantitative estimate of drug-likeness (QED) is 0.850. The number of nitrogens with one attached hydrogen (secondary N) is 1. The number of amides is 1. The maximum atomic E-state index is 14.5. The first-order valence-electron chi connectivity index (χ1n) is 8.36. The molecule has 1 aliphatic rings. The Bertz CT molecular complexity index is 668. The van der Waals surface area contributed by atoms with Gasteiger partial charge in [0.1, 0.15) is 11.6 Å². The van der Waals surface area contributed by atoms with Crippen molar-refractivity contribution in [2.45, 2.75) is 71.6 Å². The van der Waals surface area contributed by atoms with E-state index in [0.29, 0.717) is 0 Å². The number of carbonyl (C=O) groups is 1. The second kappa shape index (κ2) is 6.36. The molecule has 0 spiro atoms. The minimum atomic E-state index is -0.989. The molecule has 1 aliphatic heterocycles. The standard InChI is InChI=1S/C18H26BF2NO3/c1-16(2,3)22-15(23)9-11-8-14(21)12(10-13(11)20)19-24-17(4,5)18(6,7)25-19/h8,10H,9H2,1-7H3,(H,22,23). The van der Waals surface area contributed by atoms with Gasteiger partial charge in [-0.3, -0.25) is 4.79 Å². The smallest absolute Gasteiger partial charge is 0.399 e. The highest BCUT2D eigenvalue weighted by molar-refractivity contribution is 6.62. The Morgan fingerprint density at radius 3 is 2.08 bits per heavy atom. The first-order chi connectivity index (χ1) is 11.2. The van der Waals surface area contributed by atoms with Gasteiger partial charge in [-0.2, -0.15) is 0 Å². The average molecular weight is 353 g/mol.